The highest BCUT2D eigenvalue weighted by molar-refractivity contribution is 6.30. The van der Waals surface area contributed by atoms with E-state index in [1.165, 1.54) is 27.5 Å². The highest BCUT2D eigenvalue weighted by Gasteiger charge is 2.12. The van der Waals surface area contributed by atoms with Crippen molar-refractivity contribution in [3.8, 4) is 17.2 Å². The van der Waals surface area contributed by atoms with Crippen LogP contribution < -0.4 is 25.0 Å². The Morgan fingerprint density at radius 1 is 1.00 bits per heavy atom. The van der Waals surface area contributed by atoms with E-state index in [0.717, 1.165) is 0 Å². The highest BCUT2D eigenvalue weighted by atomic mass is 35.5. The fraction of sp³-hybridized carbons (Fsp3) is 0.250. The molecule has 2 amide bonds. The summed E-state index contributed by atoms with van der Waals surface area (Å²) < 4.78 is 15.8. The second-order valence-corrected chi connectivity index (χ2v) is 6.25. The van der Waals surface area contributed by atoms with E-state index in [1.807, 2.05) is 0 Å². The molecular weight excluding hydrogens is 398 g/mol. The zero-order valence-electron chi connectivity index (χ0n) is 16.3. The third kappa shape index (κ3) is 6.69. The summed E-state index contributed by atoms with van der Waals surface area (Å²) >= 11 is 5.86. The van der Waals surface area contributed by atoms with Crippen LogP contribution in [0.2, 0.25) is 5.02 Å². The third-order valence-corrected chi connectivity index (χ3v) is 4.01. The monoisotopic (exact) mass is 419 g/mol. The molecule has 0 unspecified atom stereocenters. The number of hydrogen-bond acceptors (Lipinski definition) is 6. The number of anilines is 1. The lowest BCUT2D eigenvalue weighted by molar-refractivity contribution is -0.124. The van der Waals surface area contributed by atoms with E-state index in [4.69, 9.17) is 25.8 Å². The van der Waals surface area contributed by atoms with Gasteiger partial charge in [0.05, 0.1) is 27.5 Å². The summed E-state index contributed by atoms with van der Waals surface area (Å²) in [5.74, 6) is 0.711. The standard InChI is InChI=1S/C20H22ClN3O5/c1-27-16-9-13(10-17(28-2)20(16)29-3)12-22-24-19(26)8-7-18(25)23-15-6-4-5-14(21)11-15/h4-6,9-12H,7-8H2,1-3H3,(H,23,25)(H,24,26). The topological polar surface area (TPSA) is 98.2 Å². The third-order valence-electron chi connectivity index (χ3n) is 3.78. The van der Waals surface area contributed by atoms with E-state index < -0.39 is 5.91 Å². The van der Waals surface area contributed by atoms with Gasteiger partial charge in [0.2, 0.25) is 17.6 Å². The van der Waals surface area contributed by atoms with E-state index in [-0.39, 0.29) is 18.7 Å². The van der Waals surface area contributed by atoms with E-state index in [9.17, 15) is 9.59 Å². The molecule has 0 heterocycles. The lowest BCUT2D eigenvalue weighted by Gasteiger charge is -2.12. The lowest BCUT2D eigenvalue weighted by Crippen LogP contribution is -2.20. The molecule has 2 rings (SSSR count). The van der Waals surface area contributed by atoms with Crippen LogP contribution in [-0.4, -0.2) is 39.4 Å². The first-order valence-electron chi connectivity index (χ1n) is 8.64. The van der Waals surface area contributed by atoms with Gasteiger partial charge < -0.3 is 19.5 Å². The quantitative estimate of drug-likeness (QED) is 0.480. The molecule has 0 atom stereocenters. The van der Waals surface area contributed by atoms with Gasteiger partial charge in [0.25, 0.3) is 0 Å². The van der Waals surface area contributed by atoms with Gasteiger partial charge in [0.1, 0.15) is 0 Å². The minimum absolute atomic E-state index is 0.0120. The SMILES string of the molecule is COc1cc(C=NNC(=O)CCC(=O)Nc2cccc(Cl)c2)cc(OC)c1OC. The van der Waals surface area contributed by atoms with E-state index in [2.05, 4.69) is 15.8 Å². The molecule has 0 aliphatic carbocycles. The molecule has 0 aromatic heterocycles. The Morgan fingerprint density at radius 2 is 1.66 bits per heavy atom. The molecule has 9 heteroatoms. The number of rotatable bonds is 9. The van der Waals surface area contributed by atoms with E-state index in [0.29, 0.717) is 33.5 Å². The molecule has 2 N–H and O–H groups in total. The summed E-state index contributed by atoms with van der Waals surface area (Å²) in [7, 11) is 4.53. The molecule has 0 spiro atoms. The van der Waals surface area contributed by atoms with Gasteiger partial charge in [-0.2, -0.15) is 5.10 Å². The van der Waals surface area contributed by atoms with Gasteiger partial charge in [-0.25, -0.2) is 5.43 Å². The van der Waals surface area contributed by atoms with Gasteiger partial charge in [-0.3, -0.25) is 9.59 Å². The maximum atomic E-state index is 11.9. The van der Waals surface area contributed by atoms with Crippen LogP contribution in [-0.2, 0) is 9.59 Å². The average Bonchev–Trinajstić information content (AvgIpc) is 2.71. The summed E-state index contributed by atoms with van der Waals surface area (Å²) in [4.78, 5) is 23.8. The van der Waals surface area contributed by atoms with Crippen molar-refractivity contribution < 1.29 is 23.8 Å². The van der Waals surface area contributed by atoms with Crippen molar-refractivity contribution >= 4 is 35.3 Å². The molecule has 0 aliphatic heterocycles. The number of benzene rings is 2. The summed E-state index contributed by atoms with van der Waals surface area (Å²) in [6.45, 7) is 0. The zero-order chi connectivity index (χ0) is 21.2. The minimum Gasteiger partial charge on any atom is -0.493 e. The van der Waals surface area contributed by atoms with Gasteiger partial charge in [-0.15, -0.1) is 0 Å². The predicted molar refractivity (Wildman–Crippen MR) is 111 cm³/mol. The number of carbonyl (C=O) groups is 2. The van der Waals surface area contributed by atoms with Crippen molar-refractivity contribution in [1.29, 1.82) is 0 Å². The van der Waals surface area contributed by atoms with Crippen LogP contribution in [0.15, 0.2) is 41.5 Å². The van der Waals surface area contributed by atoms with Crippen LogP contribution in [0.4, 0.5) is 5.69 Å². The maximum absolute atomic E-state index is 11.9. The van der Waals surface area contributed by atoms with Crippen LogP contribution in [0.5, 0.6) is 17.2 Å². The van der Waals surface area contributed by atoms with E-state index >= 15 is 0 Å². The Bertz CT molecular complexity index is 876. The van der Waals surface area contributed by atoms with Crippen LogP contribution in [0, 0.1) is 0 Å². The Balaban J connectivity index is 1.87. The molecule has 0 fully saturated rings. The molecule has 0 saturated carbocycles. The number of nitrogens with one attached hydrogen (secondary N) is 2. The first-order valence-corrected chi connectivity index (χ1v) is 9.02. The molecule has 154 valence electrons. The molecule has 0 radical (unpaired) electrons. The Labute approximate surface area is 173 Å². The van der Waals surface area contributed by atoms with Crippen LogP contribution in [0.3, 0.4) is 0 Å². The van der Waals surface area contributed by atoms with Gasteiger partial charge in [-0.1, -0.05) is 17.7 Å². The van der Waals surface area contributed by atoms with E-state index in [1.54, 1.807) is 36.4 Å². The number of hydrogen-bond donors (Lipinski definition) is 2. The fourth-order valence-electron chi connectivity index (χ4n) is 2.43. The van der Waals surface area contributed by atoms with Crippen LogP contribution in [0.1, 0.15) is 18.4 Å². The molecule has 2 aromatic carbocycles. The van der Waals surface area contributed by atoms with Crippen LogP contribution in [0.25, 0.3) is 0 Å². The summed E-state index contributed by atoms with van der Waals surface area (Å²) in [6, 6.07) is 10.1. The maximum Gasteiger partial charge on any atom is 0.240 e. The zero-order valence-corrected chi connectivity index (χ0v) is 17.1. The molecule has 8 nitrogen and oxygen atoms in total. The van der Waals surface area contributed by atoms with Crippen molar-refractivity contribution in [2.75, 3.05) is 26.6 Å². The van der Waals surface area contributed by atoms with Crippen molar-refractivity contribution in [3.63, 3.8) is 0 Å². The number of nitrogens with zero attached hydrogens (tertiary/aromatic N) is 1. The number of ether oxygens (including phenoxy) is 3. The molecule has 0 aliphatic rings. The lowest BCUT2D eigenvalue weighted by atomic mass is 10.2. The van der Waals surface area contributed by atoms with Crippen molar-refractivity contribution in [2.45, 2.75) is 12.8 Å². The highest BCUT2D eigenvalue weighted by Crippen LogP contribution is 2.37. The fourth-order valence-corrected chi connectivity index (χ4v) is 2.62. The number of halogens is 1. The van der Waals surface area contributed by atoms with Crippen molar-refractivity contribution in [2.24, 2.45) is 5.10 Å². The number of carbonyl (C=O) groups excluding carboxylic acids is 2. The first kappa shape index (κ1) is 22.0. The van der Waals surface area contributed by atoms with Crippen molar-refractivity contribution in [1.82, 2.24) is 5.43 Å². The van der Waals surface area contributed by atoms with Crippen LogP contribution >= 0.6 is 11.6 Å². The molecule has 29 heavy (non-hydrogen) atoms. The predicted octanol–water partition coefficient (Wildman–Crippen LogP) is 3.23. The molecule has 0 saturated heterocycles. The van der Waals surface area contributed by atoms with Gasteiger partial charge >= 0.3 is 0 Å². The number of hydrazone groups is 1. The largest absolute Gasteiger partial charge is 0.493 e. The number of amides is 2. The molecular formula is C20H22ClN3O5. The summed E-state index contributed by atoms with van der Waals surface area (Å²) in [5.41, 5.74) is 3.59. The first-order chi connectivity index (χ1) is 14.0. The smallest absolute Gasteiger partial charge is 0.240 e. The second kappa shape index (κ2) is 10.9. The average molecular weight is 420 g/mol. The van der Waals surface area contributed by atoms with Crippen molar-refractivity contribution in [3.05, 3.63) is 47.0 Å². The minimum atomic E-state index is -0.394. The van der Waals surface area contributed by atoms with Gasteiger partial charge in [0.15, 0.2) is 11.5 Å². The molecule has 0 bridgehead atoms. The summed E-state index contributed by atoms with van der Waals surface area (Å²) in [5, 5.41) is 7.09. The normalized spacial score (nSPS) is 10.5. The van der Waals surface area contributed by atoms with Gasteiger partial charge in [0, 0.05) is 29.1 Å². The second-order valence-electron chi connectivity index (χ2n) is 5.81. The Morgan fingerprint density at radius 3 is 2.24 bits per heavy atom. The summed E-state index contributed by atoms with van der Waals surface area (Å²) in [6.07, 6.45) is 1.44. The molecule has 2 aromatic rings. The Hall–Kier alpha value is -3.26. The Kier molecular flexibility index (Phi) is 8.29. The number of methoxy groups -OCH3 is 3. The van der Waals surface area contributed by atoms with Gasteiger partial charge in [-0.05, 0) is 30.3 Å².